The SMILES string of the molecule is O=C(NCC(=O)N1CCCN(C(=O)c2ccccc2)CC1)c1ccc2c(c1)CCC2. The van der Waals surface area contributed by atoms with Crippen molar-refractivity contribution in [2.75, 3.05) is 32.7 Å². The summed E-state index contributed by atoms with van der Waals surface area (Å²) in [4.78, 5) is 41.3. The molecule has 6 nitrogen and oxygen atoms in total. The Hall–Kier alpha value is -3.15. The van der Waals surface area contributed by atoms with E-state index in [2.05, 4.69) is 5.32 Å². The maximum Gasteiger partial charge on any atom is 0.253 e. The van der Waals surface area contributed by atoms with Crippen LogP contribution in [0.1, 0.15) is 44.7 Å². The molecule has 1 saturated heterocycles. The molecule has 6 heteroatoms. The molecule has 0 bridgehead atoms. The van der Waals surface area contributed by atoms with Crippen molar-refractivity contribution in [1.29, 1.82) is 0 Å². The average molecular weight is 405 g/mol. The maximum atomic E-state index is 12.6. The van der Waals surface area contributed by atoms with Crippen molar-refractivity contribution >= 4 is 17.7 Å². The van der Waals surface area contributed by atoms with Gasteiger partial charge in [-0.3, -0.25) is 14.4 Å². The number of fused-ring (bicyclic) bond motifs is 1. The summed E-state index contributed by atoms with van der Waals surface area (Å²) in [7, 11) is 0. The Morgan fingerprint density at radius 1 is 0.767 bits per heavy atom. The first-order chi connectivity index (χ1) is 14.6. The second-order valence-corrected chi connectivity index (χ2v) is 7.91. The van der Waals surface area contributed by atoms with E-state index in [9.17, 15) is 14.4 Å². The Morgan fingerprint density at radius 2 is 1.50 bits per heavy atom. The van der Waals surface area contributed by atoms with Crippen LogP contribution in [-0.4, -0.2) is 60.2 Å². The lowest BCUT2D eigenvalue weighted by molar-refractivity contribution is -0.129. The van der Waals surface area contributed by atoms with Crippen LogP contribution in [0.3, 0.4) is 0 Å². The van der Waals surface area contributed by atoms with E-state index in [4.69, 9.17) is 0 Å². The highest BCUT2D eigenvalue weighted by Crippen LogP contribution is 2.22. The summed E-state index contributed by atoms with van der Waals surface area (Å²) in [5.74, 6) is -0.331. The fraction of sp³-hybridized carbons (Fsp3) is 0.375. The van der Waals surface area contributed by atoms with Crippen molar-refractivity contribution in [3.8, 4) is 0 Å². The van der Waals surface area contributed by atoms with Crippen molar-refractivity contribution < 1.29 is 14.4 Å². The molecule has 0 saturated carbocycles. The Bertz CT molecular complexity index is 942. The molecule has 4 rings (SSSR count). The van der Waals surface area contributed by atoms with Crippen molar-refractivity contribution in [2.45, 2.75) is 25.7 Å². The average Bonchev–Trinajstić information content (AvgIpc) is 3.12. The minimum atomic E-state index is -0.214. The molecular formula is C24H27N3O3. The lowest BCUT2D eigenvalue weighted by atomic mass is 10.1. The first kappa shape index (κ1) is 20.1. The predicted molar refractivity (Wildman–Crippen MR) is 114 cm³/mol. The van der Waals surface area contributed by atoms with Gasteiger partial charge in [0.05, 0.1) is 6.54 Å². The maximum absolute atomic E-state index is 12.6. The highest BCUT2D eigenvalue weighted by Gasteiger charge is 2.23. The van der Waals surface area contributed by atoms with Crippen LogP contribution in [0.4, 0.5) is 0 Å². The van der Waals surface area contributed by atoms with Gasteiger partial charge in [0.1, 0.15) is 0 Å². The van der Waals surface area contributed by atoms with E-state index in [1.165, 1.54) is 11.1 Å². The van der Waals surface area contributed by atoms with Gasteiger partial charge in [0.25, 0.3) is 11.8 Å². The van der Waals surface area contributed by atoms with Crippen LogP contribution in [0.5, 0.6) is 0 Å². The number of nitrogens with one attached hydrogen (secondary N) is 1. The lowest BCUT2D eigenvalue weighted by Crippen LogP contribution is -2.42. The van der Waals surface area contributed by atoms with Gasteiger partial charge in [0.2, 0.25) is 5.91 Å². The van der Waals surface area contributed by atoms with Gasteiger partial charge in [-0.15, -0.1) is 0 Å². The molecule has 1 N–H and O–H groups in total. The molecule has 0 atom stereocenters. The van der Waals surface area contributed by atoms with E-state index in [0.717, 1.165) is 25.7 Å². The topological polar surface area (TPSA) is 69.7 Å². The molecular weight excluding hydrogens is 378 g/mol. The van der Waals surface area contributed by atoms with Crippen LogP contribution >= 0.6 is 0 Å². The second kappa shape index (κ2) is 9.11. The normalized spacial score (nSPS) is 16.0. The first-order valence-corrected chi connectivity index (χ1v) is 10.6. The van der Waals surface area contributed by atoms with Gasteiger partial charge in [-0.2, -0.15) is 0 Å². The van der Waals surface area contributed by atoms with Crippen LogP contribution < -0.4 is 5.32 Å². The van der Waals surface area contributed by atoms with Crippen LogP contribution in [-0.2, 0) is 17.6 Å². The Kier molecular flexibility index (Phi) is 6.12. The minimum absolute atomic E-state index is 0.00480. The van der Waals surface area contributed by atoms with E-state index in [1.54, 1.807) is 9.80 Å². The standard InChI is InChI=1S/C24H27N3O3/c28-22(17-25-23(29)21-11-10-18-8-4-9-20(18)16-21)26-12-5-13-27(15-14-26)24(30)19-6-2-1-3-7-19/h1-3,6-7,10-11,16H,4-5,8-9,12-15,17H2,(H,25,29). The Labute approximate surface area is 176 Å². The summed E-state index contributed by atoms with van der Waals surface area (Å²) >= 11 is 0. The van der Waals surface area contributed by atoms with Gasteiger partial charge < -0.3 is 15.1 Å². The molecule has 2 aromatic rings. The number of amides is 3. The van der Waals surface area contributed by atoms with E-state index in [-0.39, 0.29) is 24.3 Å². The Morgan fingerprint density at radius 3 is 2.33 bits per heavy atom. The van der Waals surface area contributed by atoms with Crippen molar-refractivity contribution in [2.24, 2.45) is 0 Å². The van der Waals surface area contributed by atoms with E-state index in [0.29, 0.717) is 37.3 Å². The van der Waals surface area contributed by atoms with Crippen LogP contribution in [0.25, 0.3) is 0 Å². The number of carbonyl (C=O) groups is 3. The molecule has 156 valence electrons. The van der Waals surface area contributed by atoms with Gasteiger partial charge in [-0.25, -0.2) is 0 Å². The number of hydrogen-bond donors (Lipinski definition) is 1. The third-order valence-corrected chi connectivity index (χ3v) is 5.92. The van der Waals surface area contributed by atoms with Crippen molar-refractivity contribution in [1.82, 2.24) is 15.1 Å². The predicted octanol–water partition coefficient (Wildman–Crippen LogP) is 2.28. The number of benzene rings is 2. The lowest BCUT2D eigenvalue weighted by Gasteiger charge is -2.22. The molecule has 2 aliphatic rings. The summed E-state index contributed by atoms with van der Waals surface area (Å²) in [6.45, 7) is 2.16. The molecule has 1 aliphatic heterocycles. The van der Waals surface area contributed by atoms with E-state index in [1.807, 2.05) is 48.5 Å². The quantitative estimate of drug-likeness (QED) is 0.849. The zero-order valence-electron chi connectivity index (χ0n) is 17.1. The molecule has 1 aliphatic carbocycles. The van der Waals surface area contributed by atoms with Gasteiger partial charge in [-0.05, 0) is 61.1 Å². The zero-order valence-corrected chi connectivity index (χ0v) is 17.1. The van der Waals surface area contributed by atoms with Crippen LogP contribution in [0.2, 0.25) is 0 Å². The summed E-state index contributed by atoms with van der Waals surface area (Å²) in [6, 6.07) is 15.0. The fourth-order valence-electron chi connectivity index (χ4n) is 4.22. The van der Waals surface area contributed by atoms with Crippen LogP contribution in [0.15, 0.2) is 48.5 Å². The molecule has 0 spiro atoms. The molecule has 0 radical (unpaired) electrons. The van der Waals surface area contributed by atoms with Gasteiger partial charge >= 0.3 is 0 Å². The van der Waals surface area contributed by atoms with Gasteiger partial charge in [0, 0.05) is 37.3 Å². The fourth-order valence-corrected chi connectivity index (χ4v) is 4.22. The zero-order chi connectivity index (χ0) is 20.9. The molecule has 3 amide bonds. The largest absolute Gasteiger partial charge is 0.343 e. The molecule has 0 aromatic heterocycles. The number of rotatable bonds is 4. The summed E-state index contributed by atoms with van der Waals surface area (Å²) in [5, 5.41) is 2.76. The van der Waals surface area contributed by atoms with Crippen molar-refractivity contribution in [3.05, 3.63) is 70.8 Å². The summed E-state index contributed by atoms with van der Waals surface area (Å²) in [5.41, 5.74) is 3.84. The number of carbonyl (C=O) groups excluding carboxylic acids is 3. The first-order valence-electron chi connectivity index (χ1n) is 10.6. The highest BCUT2D eigenvalue weighted by molar-refractivity contribution is 5.97. The highest BCUT2D eigenvalue weighted by atomic mass is 16.2. The number of nitrogens with zero attached hydrogens (tertiary/aromatic N) is 2. The molecule has 1 fully saturated rings. The van der Waals surface area contributed by atoms with E-state index < -0.39 is 0 Å². The monoisotopic (exact) mass is 405 g/mol. The molecule has 2 aromatic carbocycles. The van der Waals surface area contributed by atoms with Gasteiger partial charge in [0.15, 0.2) is 0 Å². The smallest absolute Gasteiger partial charge is 0.253 e. The molecule has 30 heavy (non-hydrogen) atoms. The third-order valence-electron chi connectivity index (χ3n) is 5.92. The summed E-state index contributed by atoms with van der Waals surface area (Å²) in [6.07, 6.45) is 3.95. The molecule has 0 unspecified atom stereocenters. The minimum Gasteiger partial charge on any atom is -0.343 e. The number of hydrogen-bond acceptors (Lipinski definition) is 3. The van der Waals surface area contributed by atoms with Gasteiger partial charge in [-0.1, -0.05) is 24.3 Å². The van der Waals surface area contributed by atoms with Crippen LogP contribution in [0, 0.1) is 0 Å². The Balaban J connectivity index is 1.29. The molecule has 1 heterocycles. The third kappa shape index (κ3) is 4.53. The number of aryl methyl sites for hydroxylation is 2. The summed E-state index contributed by atoms with van der Waals surface area (Å²) < 4.78 is 0. The second-order valence-electron chi connectivity index (χ2n) is 7.91. The van der Waals surface area contributed by atoms with Crippen molar-refractivity contribution in [3.63, 3.8) is 0 Å². The van der Waals surface area contributed by atoms with E-state index >= 15 is 0 Å².